The molecule has 0 atom stereocenters. The number of aromatic amines is 1. The summed E-state index contributed by atoms with van der Waals surface area (Å²) >= 11 is 0. The Kier molecular flexibility index (Phi) is 2.14. The highest BCUT2D eigenvalue weighted by Gasteiger charge is 2.29. The molecule has 0 radical (unpaired) electrons. The molecule has 1 aromatic heterocycles. The van der Waals surface area contributed by atoms with Crippen LogP contribution in [-0.2, 0) is 0 Å². The molecule has 0 spiro atoms. The minimum absolute atomic E-state index is 0.176. The maximum Gasteiger partial charge on any atom is 0.273 e. The van der Waals surface area contributed by atoms with E-state index >= 15 is 0 Å². The van der Waals surface area contributed by atoms with Crippen molar-refractivity contribution in [1.82, 2.24) is 14.9 Å². The lowest BCUT2D eigenvalue weighted by Crippen LogP contribution is -2.44. The van der Waals surface area contributed by atoms with Crippen LogP contribution in [0.1, 0.15) is 35.1 Å². The second kappa shape index (κ2) is 3.55. The fourth-order valence-corrected chi connectivity index (χ4v) is 1.94. The molecule has 1 aromatic rings. The second-order valence-corrected chi connectivity index (χ2v) is 4.70. The van der Waals surface area contributed by atoms with E-state index in [9.17, 15) is 9.59 Å². The van der Waals surface area contributed by atoms with Crippen LogP contribution >= 0.6 is 0 Å². The molecule has 0 unspecified atom stereocenters. The molecule has 2 fully saturated rings. The van der Waals surface area contributed by atoms with Crippen LogP contribution in [0.2, 0.25) is 0 Å². The molecule has 17 heavy (non-hydrogen) atoms. The van der Waals surface area contributed by atoms with Crippen molar-refractivity contribution >= 4 is 5.91 Å². The van der Waals surface area contributed by atoms with Gasteiger partial charge < -0.3 is 9.88 Å². The van der Waals surface area contributed by atoms with Crippen LogP contribution in [0.25, 0.3) is 0 Å². The Balaban J connectivity index is 1.88. The number of likely N-dealkylation sites (tertiary alicyclic amines) is 1. The number of nitrogens with one attached hydrogen (secondary N) is 1. The van der Waals surface area contributed by atoms with Crippen molar-refractivity contribution in [2.24, 2.45) is 0 Å². The van der Waals surface area contributed by atoms with Gasteiger partial charge in [-0.25, -0.2) is 4.98 Å². The number of rotatable bonds is 2. The molecule has 0 aromatic carbocycles. The topological polar surface area (TPSA) is 66.1 Å². The van der Waals surface area contributed by atoms with E-state index in [1.807, 2.05) is 0 Å². The number of aromatic nitrogens is 2. The molecule has 88 valence electrons. The van der Waals surface area contributed by atoms with Gasteiger partial charge in [-0.3, -0.25) is 9.59 Å². The molecule has 5 heteroatoms. The van der Waals surface area contributed by atoms with Crippen molar-refractivity contribution in [2.75, 3.05) is 13.1 Å². The van der Waals surface area contributed by atoms with E-state index in [2.05, 4.69) is 16.5 Å². The smallest absolute Gasteiger partial charge is 0.273 e. The minimum atomic E-state index is -0.246. The molecule has 0 bridgehead atoms. The highest BCUT2D eigenvalue weighted by atomic mass is 16.2. The Labute approximate surface area is 98.2 Å². The first-order chi connectivity index (χ1) is 8.13. The molecule has 1 saturated heterocycles. The normalized spacial score (nSPS) is 19.1. The number of H-pyrrole nitrogens is 1. The van der Waals surface area contributed by atoms with E-state index in [1.54, 1.807) is 4.90 Å². The van der Waals surface area contributed by atoms with Gasteiger partial charge in [0.05, 0.1) is 0 Å². The van der Waals surface area contributed by atoms with E-state index in [0.717, 1.165) is 18.4 Å². The lowest BCUT2D eigenvalue weighted by molar-refractivity contribution is 0.0721. The van der Waals surface area contributed by atoms with Crippen molar-refractivity contribution in [3.05, 3.63) is 40.1 Å². The largest absolute Gasteiger partial charge is 0.329 e. The van der Waals surface area contributed by atoms with E-state index in [1.165, 1.54) is 6.07 Å². The van der Waals surface area contributed by atoms with Crippen molar-refractivity contribution < 1.29 is 4.79 Å². The Morgan fingerprint density at radius 1 is 1.47 bits per heavy atom. The number of amides is 1. The van der Waals surface area contributed by atoms with Gasteiger partial charge >= 0.3 is 0 Å². The molecule has 1 saturated carbocycles. The highest BCUT2D eigenvalue weighted by molar-refractivity contribution is 5.93. The summed E-state index contributed by atoms with van der Waals surface area (Å²) in [5.41, 5.74) is 1.04. The van der Waals surface area contributed by atoms with Crippen LogP contribution in [0.5, 0.6) is 0 Å². The van der Waals surface area contributed by atoms with Crippen LogP contribution in [0.15, 0.2) is 23.0 Å². The fraction of sp³-hybridized carbons (Fsp3) is 0.417. The van der Waals surface area contributed by atoms with Gasteiger partial charge in [-0.05, 0) is 18.4 Å². The number of carbonyl (C=O) groups is 1. The van der Waals surface area contributed by atoms with Gasteiger partial charge in [0.15, 0.2) is 0 Å². The molecule has 1 aliphatic carbocycles. The summed E-state index contributed by atoms with van der Waals surface area (Å²) in [6, 6.07) is 1.27. The standard InChI is InChI=1S/C12H13N3O2/c1-7-5-15(6-7)12(17)9-4-10(16)14-11(13-9)8-2-3-8/h4,8H,1-3,5-6H2,(H,13,14,16). The van der Waals surface area contributed by atoms with Crippen molar-refractivity contribution in [3.63, 3.8) is 0 Å². The average Bonchev–Trinajstić information content (AvgIpc) is 3.06. The predicted molar refractivity (Wildman–Crippen MR) is 61.9 cm³/mol. The third kappa shape index (κ3) is 1.88. The van der Waals surface area contributed by atoms with E-state index in [4.69, 9.17) is 0 Å². The third-order valence-electron chi connectivity index (χ3n) is 3.06. The lowest BCUT2D eigenvalue weighted by Gasteiger charge is -2.32. The van der Waals surface area contributed by atoms with Gasteiger partial charge in [0.1, 0.15) is 11.5 Å². The van der Waals surface area contributed by atoms with E-state index in [-0.39, 0.29) is 17.2 Å². The Morgan fingerprint density at radius 2 is 2.18 bits per heavy atom. The van der Waals surface area contributed by atoms with Gasteiger partial charge in [0.2, 0.25) is 0 Å². The average molecular weight is 231 g/mol. The predicted octanol–water partition coefficient (Wildman–Crippen LogP) is 0.659. The first-order valence-corrected chi connectivity index (χ1v) is 5.70. The van der Waals surface area contributed by atoms with Gasteiger partial charge in [0, 0.05) is 25.1 Å². The van der Waals surface area contributed by atoms with E-state index < -0.39 is 0 Å². The molecular weight excluding hydrogens is 218 g/mol. The zero-order valence-electron chi connectivity index (χ0n) is 9.40. The zero-order chi connectivity index (χ0) is 12.0. The first kappa shape index (κ1) is 10.3. The molecule has 5 nitrogen and oxygen atoms in total. The zero-order valence-corrected chi connectivity index (χ0v) is 9.40. The maximum atomic E-state index is 12.0. The van der Waals surface area contributed by atoms with Gasteiger partial charge in [-0.15, -0.1) is 0 Å². The van der Waals surface area contributed by atoms with Gasteiger partial charge in [-0.1, -0.05) is 6.58 Å². The molecule has 1 aliphatic heterocycles. The highest BCUT2D eigenvalue weighted by Crippen LogP contribution is 2.37. The summed E-state index contributed by atoms with van der Waals surface area (Å²) in [6.45, 7) is 4.93. The number of hydrogen-bond acceptors (Lipinski definition) is 3. The SMILES string of the molecule is C=C1CN(C(=O)c2cc(=O)[nH]c(C3CC3)n2)C1. The van der Waals surface area contributed by atoms with Crippen LogP contribution in [-0.4, -0.2) is 33.9 Å². The number of hydrogen-bond donors (Lipinski definition) is 1. The summed E-state index contributed by atoms with van der Waals surface area (Å²) < 4.78 is 0. The molecular formula is C12H13N3O2. The fourth-order valence-electron chi connectivity index (χ4n) is 1.94. The second-order valence-electron chi connectivity index (χ2n) is 4.70. The summed E-state index contributed by atoms with van der Waals surface area (Å²) in [5, 5.41) is 0. The maximum absolute atomic E-state index is 12.0. The Morgan fingerprint density at radius 3 is 2.76 bits per heavy atom. The van der Waals surface area contributed by atoms with Crippen LogP contribution in [0.3, 0.4) is 0 Å². The molecule has 2 heterocycles. The van der Waals surface area contributed by atoms with Gasteiger partial charge in [0.25, 0.3) is 11.5 Å². The van der Waals surface area contributed by atoms with Crippen LogP contribution in [0, 0.1) is 0 Å². The Bertz CT molecular complexity index is 549. The summed E-state index contributed by atoms with van der Waals surface area (Å²) in [6.07, 6.45) is 2.09. The molecule has 1 amide bonds. The number of carbonyl (C=O) groups excluding carboxylic acids is 1. The summed E-state index contributed by atoms with van der Waals surface area (Å²) in [5.74, 6) is 0.812. The van der Waals surface area contributed by atoms with E-state index in [0.29, 0.717) is 24.8 Å². The van der Waals surface area contributed by atoms with Crippen molar-refractivity contribution in [2.45, 2.75) is 18.8 Å². The Hall–Kier alpha value is -1.91. The minimum Gasteiger partial charge on any atom is -0.329 e. The molecule has 1 N–H and O–H groups in total. The first-order valence-electron chi connectivity index (χ1n) is 5.70. The lowest BCUT2D eigenvalue weighted by atomic mass is 10.1. The van der Waals surface area contributed by atoms with Crippen LogP contribution in [0.4, 0.5) is 0 Å². The van der Waals surface area contributed by atoms with Gasteiger partial charge in [-0.2, -0.15) is 0 Å². The van der Waals surface area contributed by atoms with Crippen LogP contribution < -0.4 is 5.56 Å². The number of nitrogens with zero attached hydrogens (tertiary/aromatic N) is 2. The van der Waals surface area contributed by atoms with Crippen molar-refractivity contribution in [1.29, 1.82) is 0 Å². The summed E-state index contributed by atoms with van der Waals surface area (Å²) in [7, 11) is 0. The molecule has 3 rings (SSSR count). The summed E-state index contributed by atoms with van der Waals surface area (Å²) in [4.78, 5) is 32.0. The third-order valence-corrected chi connectivity index (χ3v) is 3.06. The monoisotopic (exact) mass is 231 g/mol. The quantitative estimate of drug-likeness (QED) is 0.760. The van der Waals surface area contributed by atoms with Crippen molar-refractivity contribution in [3.8, 4) is 0 Å². The molecule has 2 aliphatic rings.